The summed E-state index contributed by atoms with van der Waals surface area (Å²) in [7, 11) is 5.01. The molecule has 4 atom stereocenters. The normalized spacial score (nSPS) is 19.4. The number of allylic oxidation sites excluding steroid dienone is 7. The van der Waals surface area contributed by atoms with Crippen LogP contribution in [-0.2, 0) is 0 Å². The molecule has 0 amide bonds. The molecule has 2 aliphatic carbocycles. The molecule has 2 N–H and O–H groups in total. The molecule has 1 fully saturated rings. The van der Waals surface area contributed by atoms with Crippen LogP contribution in [0, 0.1) is 11.8 Å². The molecule has 0 saturated heterocycles. The highest BCUT2D eigenvalue weighted by Crippen LogP contribution is 2.34. The highest BCUT2D eigenvalue weighted by molar-refractivity contribution is 5.26. The number of rotatable bonds is 11. The number of nitrogens with one attached hydrogen (secondary N) is 1. The molecule has 236 valence electrons. The summed E-state index contributed by atoms with van der Waals surface area (Å²) in [5, 5.41) is 9.89. The minimum Gasteiger partial charge on any atom is -0.400 e. The summed E-state index contributed by atoms with van der Waals surface area (Å²) >= 11 is 0. The Kier molecular flexibility index (Phi) is 27.7. The highest BCUT2D eigenvalue weighted by atomic mass is 19.4. The van der Waals surface area contributed by atoms with Gasteiger partial charge in [-0.05, 0) is 65.1 Å². The van der Waals surface area contributed by atoms with Gasteiger partial charge in [-0.25, -0.2) is 4.39 Å². The lowest BCUT2D eigenvalue weighted by molar-refractivity contribution is -0.172. The van der Waals surface area contributed by atoms with Gasteiger partial charge in [-0.2, -0.15) is 13.2 Å². The molecule has 0 aromatic heterocycles. The zero-order chi connectivity index (χ0) is 31.7. The molecule has 1 saturated carbocycles. The molecule has 2 aliphatic rings. The van der Waals surface area contributed by atoms with Crippen molar-refractivity contribution in [3.63, 3.8) is 0 Å². The maximum absolute atomic E-state index is 13.2. The molecule has 4 nitrogen and oxygen atoms in total. The van der Waals surface area contributed by atoms with E-state index in [1.54, 1.807) is 0 Å². The van der Waals surface area contributed by atoms with Crippen LogP contribution >= 0.6 is 0 Å². The predicted octanol–water partition coefficient (Wildman–Crippen LogP) is 8.30. The second-order valence-corrected chi connectivity index (χ2v) is 9.73. The van der Waals surface area contributed by atoms with E-state index in [4.69, 9.17) is 5.11 Å². The average molecular weight is 578 g/mol. The van der Waals surface area contributed by atoms with E-state index in [1.165, 1.54) is 30.9 Å². The standard InChI is InChI=1S/C13H20F4N2.C13H23N.C3H6.C2H6.CH4O/c1-4-9(2)19(3)8-18-10-5-6-12(14)11(7-10)13(15,16)17;1-6-12(3)9-8-10-13(4)11-14(5)7-2;1-2-3-1;2*1-2/h5-7,9,11-12,18H,4,8H2,1-3H3;6,8-10,12H,1,7,11H2,2-5H3;1-3H2;1-2H3;2H,1H3/b;9-8?,13-10+;;;. The summed E-state index contributed by atoms with van der Waals surface area (Å²) in [5.41, 5.74) is 1.70. The number of aliphatic hydroxyl groups excluding tert-OH is 1. The molecular weight excluding hydrogens is 518 g/mol. The van der Waals surface area contributed by atoms with Crippen LogP contribution in [0.3, 0.4) is 0 Å². The van der Waals surface area contributed by atoms with E-state index in [9.17, 15) is 17.6 Å². The van der Waals surface area contributed by atoms with Gasteiger partial charge in [0, 0.05) is 25.4 Å². The van der Waals surface area contributed by atoms with Crippen molar-refractivity contribution in [3.05, 3.63) is 60.4 Å². The summed E-state index contributed by atoms with van der Waals surface area (Å²) in [6, 6.07) is 0.327. The van der Waals surface area contributed by atoms with Gasteiger partial charge in [0.2, 0.25) is 0 Å². The zero-order valence-electron chi connectivity index (χ0n) is 26.9. The first-order chi connectivity index (χ1) is 18.8. The molecule has 0 aliphatic heterocycles. The zero-order valence-corrected chi connectivity index (χ0v) is 26.9. The Morgan fingerprint density at radius 1 is 1.15 bits per heavy atom. The lowest BCUT2D eigenvalue weighted by Gasteiger charge is -2.27. The maximum Gasteiger partial charge on any atom is 0.398 e. The van der Waals surface area contributed by atoms with E-state index in [2.05, 4.69) is 62.8 Å². The van der Waals surface area contributed by atoms with E-state index in [0.717, 1.165) is 38.8 Å². The molecule has 8 heteroatoms. The number of aliphatic hydroxyl groups is 1. The molecule has 0 bridgehead atoms. The monoisotopic (exact) mass is 577 g/mol. The third kappa shape index (κ3) is 23.9. The second kappa shape index (κ2) is 26.0. The molecule has 0 aromatic rings. The Morgan fingerprint density at radius 3 is 2.12 bits per heavy atom. The Morgan fingerprint density at radius 2 is 1.70 bits per heavy atom. The number of alkyl halides is 4. The van der Waals surface area contributed by atoms with Crippen LogP contribution in [0.2, 0.25) is 0 Å². The van der Waals surface area contributed by atoms with Gasteiger partial charge < -0.3 is 15.3 Å². The summed E-state index contributed by atoms with van der Waals surface area (Å²) in [4.78, 5) is 4.27. The number of hydrogen-bond donors (Lipinski definition) is 2. The van der Waals surface area contributed by atoms with Crippen molar-refractivity contribution in [1.82, 2.24) is 15.1 Å². The van der Waals surface area contributed by atoms with Crippen molar-refractivity contribution >= 4 is 0 Å². The first kappa shape index (κ1) is 42.6. The van der Waals surface area contributed by atoms with Crippen molar-refractivity contribution in [1.29, 1.82) is 0 Å². The topological polar surface area (TPSA) is 38.7 Å². The van der Waals surface area contributed by atoms with Crippen LogP contribution in [0.1, 0.15) is 74.1 Å². The van der Waals surface area contributed by atoms with E-state index in [1.807, 2.05) is 45.7 Å². The van der Waals surface area contributed by atoms with Crippen LogP contribution < -0.4 is 5.32 Å². The fraction of sp³-hybridized carbons (Fsp3) is 0.688. The third-order valence-electron chi connectivity index (χ3n) is 6.00. The minimum absolute atomic E-state index is 0.311. The summed E-state index contributed by atoms with van der Waals surface area (Å²) in [6.07, 6.45) is 10.5. The van der Waals surface area contributed by atoms with Gasteiger partial charge >= 0.3 is 6.18 Å². The third-order valence-corrected chi connectivity index (χ3v) is 6.00. The molecule has 4 unspecified atom stereocenters. The Balaban J connectivity index is -0.000000569. The Bertz CT molecular complexity index is 727. The van der Waals surface area contributed by atoms with Crippen molar-refractivity contribution in [2.45, 2.75) is 92.5 Å². The predicted molar refractivity (Wildman–Crippen MR) is 166 cm³/mol. The van der Waals surface area contributed by atoms with Crippen LogP contribution in [-0.4, -0.2) is 74.3 Å². The summed E-state index contributed by atoms with van der Waals surface area (Å²) in [6.45, 7) is 20.8. The van der Waals surface area contributed by atoms with Crippen LogP contribution in [0.15, 0.2) is 60.4 Å². The van der Waals surface area contributed by atoms with Crippen molar-refractivity contribution < 1.29 is 22.7 Å². The summed E-state index contributed by atoms with van der Waals surface area (Å²) < 4.78 is 51.0. The molecular formula is C32H59F4N3O. The maximum atomic E-state index is 13.2. The van der Waals surface area contributed by atoms with Crippen LogP contribution in [0.5, 0.6) is 0 Å². The SMILES string of the molecule is C1CC1.C=CC(C)C=C/C=C(\C)CN(C)CC.CC.CCC(C)N(C)CNC1=CC(C(F)(F)F)C(F)C=C1.CO. The van der Waals surface area contributed by atoms with Gasteiger partial charge in [-0.3, -0.25) is 4.90 Å². The lowest BCUT2D eigenvalue weighted by Crippen LogP contribution is -2.38. The fourth-order valence-corrected chi connectivity index (χ4v) is 2.80. The van der Waals surface area contributed by atoms with Gasteiger partial charge in [-0.15, -0.1) is 6.58 Å². The van der Waals surface area contributed by atoms with Gasteiger partial charge in [-0.1, -0.05) is 83.8 Å². The molecule has 40 heavy (non-hydrogen) atoms. The Labute approximate surface area is 243 Å². The first-order valence-corrected chi connectivity index (χ1v) is 14.5. The smallest absolute Gasteiger partial charge is 0.398 e. The fourth-order valence-electron chi connectivity index (χ4n) is 2.80. The van der Waals surface area contributed by atoms with E-state index < -0.39 is 18.3 Å². The van der Waals surface area contributed by atoms with Crippen molar-refractivity contribution in [2.24, 2.45) is 11.8 Å². The molecule has 2 rings (SSSR count). The largest absolute Gasteiger partial charge is 0.400 e. The minimum atomic E-state index is -4.56. The first-order valence-electron chi connectivity index (χ1n) is 14.5. The second-order valence-electron chi connectivity index (χ2n) is 9.73. The van der Waals surface area contributed by atoms with Gasteiger partial charge in [0.25, 0.3) is 0 Å². The van der Waals surface area contributed by atoms with Gasteiger partial charge in [0.05, 0.1) is 6.67 Å². The van der Waals surface area contributed by atoms with Crippen LogP contribution in [0.4, 0.5) is 17.6 Å². The van der Waals surface area contributed by atoms with E-state index in [-0.39, 0.29) is 0 Å². The molecule has 0 spiro atoms. The quantitative estimate of drug-likeness (QED) is 0.112. The van der Waals surface area contributed by atoms with Gasteiger partial charge in [0.1, 0.15) is 12.1 Å². The molecule has 0 aromatic carbocycles. The van der Waals surface area contributed by atoms with E-state index >= 15 is 0 Å². The van der Waals surface area contributed by atoms with Crippen molar-refractivity contribution in [2.75, 3.05) is 41.0 Å². The molecule has 0 heterocycles. The molecule has 0 radical (unpaired) electrons. The number of hydrogen-bond acceptors (Lipinski definition) is 4. The lowest BCUT2D eigenvalue weighted by atomic mass is 9.97. The van der Waals surface area contributed by atoms with Gasteiger partial charge in [0.15, 0.2) is 0 Å². The average Bonchev–Trinajstić information content (AvgIpc) is 3.83. The van der Waals surface area contributed by atoms with Crippen LogP contribution in [0.25, 0.3) is 0 Å². The number of likely N-dealkylation sites (N-methyl/N-ethyl adjacent to an activating group) is 1. The summed E-state index contributed by atoms with van der Waals surface area (Å²) in [5.74, 6) is -1.60. The van der Waals surface area contributed by atoms with E-state index in [0.29, 0.717) is 24.3 Å². The number of nitrogens with zero attached hydrogens (tertiary/aromatic N) is 2. The van der Waals surface area contributed by atoms with Crippen molar-refractivity contribution in [3.8, 4) is 0 Å². The number of halogens is 4. The highest BCUT2D eigenvalue weighted by Gasteiger charge is 2.44. The Hall–Kier alpha value is -1.90.